The van der Waals surface area contributed by atoms with E-state index in [0.29, 0.717) is 31.5 Å². The Labute approximate surface area is 154 Å². The molecule has 0 aromatic heterocycles. The van der Waals surface area contributed by atoms with Crippen molar-refractivity contribution < 1.29 is 19.1 Å². The van der Waals surface area contributed by atoms with Crippen molar-refractivity contribution >= 4 is 17.6 Å². The van der Waals surface area contributed by atoms with Gasteiger partial charge < -0.3 is 15.0 Å². The molecule has 0 radical (unpaired) electrons. The van der Waals surface area contributed by atoms with E-state index in [1.165, 1.54) is 6.92 Å². The van der Waals surface area contributed by atoms with Gasteiger partial charge in [-0.2, -0.15) is 0 Å². The van der Waals surface area contributed by atoms with Gasteiger partial charge in [-0.1, -0.05) is 13.8 Å². The fraction of sp³-hybridized carbons (Fsp3) is 0.550. The van der Waals surface area contributed by atoms with Crippen LogP contribution in [0.5, 0.6) is 5.75 Å². The Kier molecular flexibility index (Phi) is 6.77. The summed E-state index contributed by atoms with van der Waals surface area (Å²) >= 11 is 0. The molecule has 1 aliphatic rings. The van der Waals surface area contributed by atoms with Crippen molar-refractivity contribution in [2.45, 2.75) is 39.7 Å². The van der Waals surface area contributed by atoms with Gasteiger partial charge in [-0.3, -0.25) is 14.4 Å². The van der Waals surface area contributed by atoms with Crippen molar-refractivity contribution in [3.63, 3.8) is 0 Å². The van der Waals surface area contributed by atoms with Gasteiger partial charge in [0.15, 0.2) is 5.78 Å². The Bertz CT molecular complexity index is 646. The zero-order chi connectivity index (χ0) is 19.3. The van der Waals surface area contributed by atoms with E-state index in [0.717, 1.165) is 5.75 Å². The number of amides is 2. The minimum atomic E-state index is -0.513. The van der Waals surface area contributed by atoms with E-state index in [9.17, 15) is 14.4 Å². The van der Waals surface area contributed by atoms with Crippen molar-refractivity contribution in [3.05, 3.63) is 29.8 Å². The molecule has 0 aliphatic carbocycles. The van der Waals surface area contributed by atoms with Gasteiger partial charge in [0.1, 0.15) is 11.8 Å². The van der Waals surface area contributed by atoms with E-state index < -0.39 is 6.04 Å². The molecular weight excluding hydrogens is 332 g/mol. The van der Waals surface area contributed by atoms with Crippen molar-refractivity contribution in [1.29, 1.82) is 0 Å². The molecule has 1 aromatic carbocycles. The molecule has 1 N–H and O–H groups in total. The van der Waals surface area contributed by atoms with Gasteiger partial charge in [-0.25, -0.2) is 0 Å². The number of Topliss-reactive ketones (excluding diaryl/α,β-unsaturated/α-hetero) is 1. The number of hydrogen-bond donors (Lipinski definition) is 1. The summed E-state index contributed by atoms with van der Waals surface area (Å²) in [5.74, 6) is 0.504. The highest BCUT2D eigenvalue weighted by atomic mass is 16.5. The molecule has 0 bridgehead atoms. The lowest BCUT2D eigenvalue weighted by atomic mass is 9.88. The van der Waals surface area contributed by atoms with Gasteiger partial charge in [0, 0.05) is 31.5 Å². The summed E-state index contributed by atoms with van der Waals surface area (Å²) in [5.41, 5.74) is 0.675. The monoisotopic (exact) mass is 360 g/mol. The predicted molar refractivity (Wildman–Crippen MR) is 99.1 cm³/mol. The van der Waals surface area contributed by atoms with Crippen LogP contribution in [0.2, 0.25) is 0 Å². The van der Waals surface area contributed by atoms with Gasteiger partial charge in [-0.05, 0) is 43.0 Å². The summed E-state index contributed by atoms with van der Waals surface area (Å²) in [7, 11) is 1.59. The second kappa shape index (κ2) is 8.83. The summed E-state index contributed by atoms with van der Waals surface area (Å²) in [6.07, 6.45) is 1.28. The number of ketones is 1. The van der Waals surface area contributed by atoms with Crippen LogP contribution in [0.3, 0.4) is 0 Å². The predicted octanol–water partition coefficient (Wildman–Crippen LogP) is 2.28. The number of benzene rings is 1. The van der Waals surface area contributed by atoms with Gasteiger partial charge in [0.05, 0.1) is 7.11 Å². The molecule has 1 saturated heterocycles. The minimum Gasteiger partial charge on any atom is -0.497 e. The summed E-state index contributed by atoms with van der Waals surface area (Å²) in [5, 5.41) is 2.74. The molecular formula is C20H28N2O4. The molecule has 2 amide bonds. The standard InChI is InChI=1S/C20H28N2O4/c1-13(2)18(21-14(3)23)20(25)22-11-9-16(10-12-22)19(24)15-5-7-17(26-4)8-6-15/h5-8,13,16,18H,9-12H2,1-4H3,(H,21,23). The van der Waals surface area contributed by atoms with Crippen LogP contribution in [-0.4, -0.2) is 48.7 Å². The molecule has 1 aliphatic heterocycles. The third-order valence-corrected chi connectivity index (χ3v) is 4.84. The topological polar surface area (TPSA) is 75.7 Å². The zero-order valence-electron chi connectivity index (χ0n) is 16.0. The van der Waals surface area contributed by atoms with Gasteiger partial charge >= 0.3 is 0 Å². The van der Waals surface area contributed by atoms with E-state index in [2.05, 4.69) is 5.32 Å². The van der Waals surface area contributed by atoms with Crippen LogP contribution in [0.25, 0.3) is 0 Å². The number of likely N-dealkylation sites (tertiary alicyclic amines) is 1. The number of ether oxygens (including phenoxy) is 1. The molecule has 6 heteroatoms. The van der Waals surface area contributed by atoms with E-state index in [-0.39, 0.29) is 29.4 Å². The van der Waals surface area contributed by atoms with E-state index in [1.54, 1.807) is 36.3 Å². The van der Waals surface area contributed by atoms with Crippen molar-refractivity contribution in [3.8, 4) is 5.75 Å². The second-order valence-electron chi connectivity index (χ2n) is 7.11. The molecule has 0 spiro atoms. The van der Waals surface area contributed by atoms with E-state index in [1.807, 2.05) is 13.8 Å². The number of methoxy groups -OCH3 is 1. The third kappa shape index (κ3) is 4.84. The molecule has 1 atom stereocenters. The summed E-state index contributed by atoms with van der Waals surface area (Å²) in [6, 6.07) is 6.62. The van der Waals surface area contributed by atoms with Crippen LogP contribution >= 0.6 is 0 Å². The minimum absolute atomic E-state index is 0.0186. The highest BCUT2D eigenvalue weighted by Crippen LogP contribution is 2.24. The zero-order valence-corrected chi connectivity index (χ0v) is 16.0. The first-order valence-corrected chi connectivity index (χ1v) is 9.07. The fourth-order valence-corrected chi connectivity index (χ4v) is 3.28. The lowest BCUT2D eigenvalue weighted by Crippen LogP contribution is -2.52. The smallest absolute Gasteiger partial charge is 0.245 e. The third-order valence-electron chi connectivity index (χ3n) is 4.84. The molecule has 1 aromatic rings. The lowest BCUT2D eigenvalue weighted by molar-refractivity contribution is -0.138. The summed E-state index contributed by atoms with van der Waals surface area (Å²) in [6.45, 7) is 6.32. The molecule has 0 saturated carbocycles. The molecule has 2 rings (SSSR count). The Hall–Kier alpha value is -2.37. The van der Waals surface area contributed by atoms with Crippen LogP contribution in [-0.2, 0) is 9.59 Å². The number of nitrogens with one attached hydrogen (secondary N) is 1. The Morgan fingerprint density at radius 2 is 1.69 bits per heavy atom. The first-order valence-electron chi connectivity index (χ1n) is 9.07. The lowest BCUT2D eigenvalue weighted by Gasteiger charge is -2.35. The van der Waals surface area contributed by atoms with Crippen LogP contribution in [0.1, 0.15) is 44.0 Å². The van der Waals surface area contributed by atoms with E-state index in [4.69, 9.17) is 4.74 Å². The maximum atomic E-state index is 12.7. The highest BCUT2D eigenvalue weighted by molar-refractivity contribution is 5.98. The van der Waals surface area contributed by atoms with Crippen LogP contribution in [0.15, 0.2) is 24.3 Å². The Balaban J connectivity index is 1.95. The molecule has 1 unspecified atom stereocenters. The molecule has 6 nitrogen and oxygen atoms in total. The van der Waals surface area contributed by atoms with Gasteiger partial charge in [0.25, 0.3) is 0 Å². The van der Waals surface area contributed by atoms with Crippen molar-refractivity contribution in [2.75, 3.05) is 20.2 Å². The van der Waals surface area contributed by atoms with E-state index >= 15 is 0 Å². The number of rotatable bonds is 6. The number of piperidine rings is 1. The average Bonchev–Trinajstić information content (AvgIpc) is 2.65. The summed E-state index contributed by atoms with van der Waals surface area (Å²) in [4.78, 5) is 38.5. The number of carbonyl (C=O) groups excluding carboxylic acids is 3. The highest BCUT2D eigenvalue weighted by Gasteiger charge is 2.32. The average molecular weight is 360 g/mol. The van der Waals surface area contributed by atoms with Crippen molar-refractivity contribution in [2.24, 2.45) is 11.8 Å². The fourth-order valence-electron chi connectivity index (χ4n) is 3.28. The van der Waals surface area contributed by atoms with Crippen LogP contribution < -0.4 is 10.1 Å². The number of nitrogens with zero attached hydrogens (tertiary/aromatic N) is 1. The maximum Gasteiger partial charge on any atom is 0.245 e. The number of hydrogen-bond acceptors (Lipinski definition) is 4. The van der Waals surface area contributed by atoms with Crippen LogP contribution in [0, 0.1) is 11.8 Å². The number of carbonyl (C=O) groups is 3. The van der Waals surface area contributed by atoms with Gasteiger partial charge in [0.2, 0.25) is 11.8 Å². The molecule has 1 fully saturated rings. The van der Waals surface area contributed by atoms with Crippen molar-refractivity contribution in [1.82, 2.24) is 10.2 Å². The first-order chi connectivity index (χ1) is 12.3. The Morgan fingerprint density at radius 1 is 1.12 bits per heavy atom. The molecule has 1 heterocycles. The van der Waals surface area contributed by atoms with Gasteiger partial charge in [-0.15, -0.1) is 0 Å². The first kappa shape index (κ1) is 19.9. The Morgan fingerprint density at radius 3 is 2.15 bits per heavy atom. The quantitative estimate of drug-likeness (QED) is 0.790. The SMILES string of the molecule is COc1ccc(C(=O)C2CCN(C(=O)C(NC(C)=O)C(C)C)CC2)cc1. The van der Waals surface area contributed by atoms with Crippen LogP contribution in [0.4, 0.5) is 0 Å². The summed E-state index contributed by atoms with van der Waals surface area (Å²) < 4.78 is 5.12. The maximum absolute atomic E-state index is 12.7. The normalized spacial score (nSPS) is 16.3. The molecule has 26 heavy (non-hydrogen) atoms. The molecule has 142 valence electrons. The largest absolute Gasteiger partial charge is 0.497 e. The second-order valence-corrected chi connectivity index (χ2v) is 7.11.